The van der Waals surface area contributed by atoms with Crippen molar-refractivity contribution >= 4 is 5.97 Å². The van der Waals surface area contributed by atoms with Crippen molar-refractivity contribution in [2.45, 2.75) is 37.9 Å². The van der Waals surface area contributed by atoms with Crippen molar-refractivity contribution in [3.63, 3.8) is 0 Å². The number of aliphatic carboxylic acids is 1. The zero-order chi connectivity index (χ0) is 23.0. The Kier molecular flexibility index (Phi) is 12.8. The van der Waals surface area contributed by atoms with Gasteiger partial charge in [0, 0.05) is 0 Å². The van der Waals surface area contributed by atoms with Crippen molar-refractivity contribution in [1.29, 1.82) is 0 Å². The Morgan fingerprint density at radius 3 is 1.76 bits per heavy atom. The van der Waals surface area contributed by atoms with Crippen LogP contribution in [0.3, 0.4) is 0 Å². The first-order chi connectivity index (χ1) is 14.8. The minimum atomic E-state index is -1.70. The Bertz CT molecular complexity index is 810. The second-order valence-corrected chi connectivity index (χ2v) is 6.59. The third-order valence-electron chi connectivity index (χ3n) is 4.50. The number of methoxy groups -OCH3 is 2. The van der Waals surface area contributed by atoms with E-state index in [2.05, 4.69) is 0 Å². The highest BCUT2D eigenvalue weighted by atomic mass is 16.6. The van der Waals surface area contributed by atoms with Crippen LogP contribution in [0.15, 0.2) is 48.5 Å². The number of aromatic hydroxyl groups is 1. The van der Waals surface area contributed by atoms with E-state index in [9.17, 15) is 20.1 Å². The lowest BCUT2D eigenvalue weighted by atomic mass is 9.95. The van der Waals surface area contributed by atoms with Gasteiger partial charge in [-0.25, -0.2) is 4.79 Å². The lowest BCUT2D eigenvalue weighted by Gasteiger charge is -2.38. The largest absolute Gasteiger partial charge is 0.508 e. The molecule has 11 heteroatoms. The van der Waals surface area contributed by atoms with Crippen molar-refractivity contribution in [2.75, 3.05) is 20.8 Å². The molecule has 33 heavy (non-hydrogen) atoms. The summed E-state index contributed by atoms with van der Waals surface area (Å²) in [4.78, 5) is 11.0. The highest BCUT2D eigenvalue weighted by Crippen LogP contribution is 2.23. The number of hydrogen-bond donors (Lipinski definition) is 5. The monoisotopic (exact) mass is 472 g/mol. The molecule has 2 unspecified atom stereocenters. The van der Waals surface area contributed by atoms with E-state index >= 15 is 0 Å². The van der Waals surface area contributed by atoms with Gasteiger partial charge in [-0.05, 0) is 48.5 Å². The topological polar surface area (TPSA) is 187 Å². The molecule has 3 rings (SSSR count). The smallest absolute Gasteiger partial charge is 0.335 e. The zero-order valence-electron chi connectivity index (χ0n) is 17.5. The number of phenolic OH excluding ortho intramolecular Hbond substituents is 1. The zero-order valence-corrected chi connectivity index (χ0v) is 17.5. The summed E-state index contributed by atoms with van der Waals surface area (Å²) in [6.07, 6.45) is -7.49. The molecule has 0 saturated carbocycles. The van der Waals surface area contributed by atoms with Crippen molar-refractivity contribution in [2.24, 2.45) is 0 Å². The van der Waals surface area contributed by atoms with Gasteiger partial charge in [-0.1, -0.05) is 7.43 Å². The first-order valence-corrected chi connectivity index (χ1v) is 9.29. The van der Waals surface area contributed by atoms with E-state index in [0.29, 0.717) is 11.5 Å². The maximum absolute atomic E-state index is 11.0. The number of aliphatic hydroxyl groups excluding tert-OH is 3. The van der Waals surface area contributed by atoms with Crippen LogP contribution in [-0.4, -0.2) is 88.3 Å². The highest BCUT2D eigenvalue weighted by Gasteiger charge is 2.47. The van der Waals surface area contributed by atoms with Gasteiger partial charge < -0.3 is 50.0 Å². The molecule has 0 bridgehead atoms. The van der Waals surface area contributed by atoms with Gasteiger partial charge >= 0.3 is 5.97 Å². The first kappa shape index (κ1) is 29.9. The van der Waals surface area contributed by atoms with Crippen LogP contribution in [0.5, 0.6) is 23.0 Å². The predicted octanol–water partition coefficient (Wildman–Crippen LogP) is 0.221. The van der Waals surface area contributed by atoms with Crippen LogP contribution in [0.4, 0.5) is 0 Å². The molecule has 2 aromatic rings. The van der Waals surface area contributed by atoms with Crippen LogP contribution in [0.1, 0.15) is 7.43 Å². The summed E-state index contributed by atoms with van der Waals surface area (Å²) in [5.74, 6) is 0.700. The molecule has 0 spiro atoms. The molecule has 186 valence electrons. The number of carbonyl (C=O) groups is 1. The number of benzene rings is 2. The molecule has 1 aliphatic rings. The maximum Gasteiger partial charge on any atom is 0.335 e. The fourth-order valence-corrected chi connectivity index (χ4v) is 2.73. The van der Waals surface area contributed by atoms with E-state index in [1.54, 1.807) is 55.6 Å². The molecule has 7 N–H and O–H groups in total. The van der Waals surface area contributed by atoms with Crippen LogP contribution in [0.25, 0.3) is 0 Å². The van der Waals surface area contributed by atoms with Gasteiger partial charge in [0.2, 0.25) is 0 Å². The van der Waals surface area contributed by atoms with Crippen LogP contribution in [0, 0.1) is 0 Å². The number of ether oxygens (including phenoxy) is 4. The van der Waals surface area contributed by atoms with Crippen molar-refractivity contribution < 1.29 is 54.8 Å². The quantitative estimate of drug-likeness (QED) is 0.389. The SMILES string of the molecule is C.COc1ccc(O)cc1.COc1ccc(OC[C@@H]2OC(C(=O)O)[C@@H](O)[C@@H](O)C2O)cc1.O. The van der Waals surface area contributed by atoms with E-state index in [-0.39, 0.29) is 25.3 Å². The minimum absolute atomic E-state index is 0. The third-order valence-corrected chi connectivity index (χ3v) is 4.50. The van der Waals surface area contributed by atoms with Crippen molar-refractivity contribution in [1.82, 2.24) is 0 Å². The Labute approximate surface area is 191 Å². The summed E-state index contributed by atoms with van der Waals surface area (Å²) in [6, 6.07) is 13.2. The molecule has 5 atom stereocenters. The molecular weight excluding hydrogens is 440 g/mol. The van der Waals surface area contributed by atoms with Crippen molar-refractivity contribution in [3.8, 4) is 23.0 Å². The average Bonchev–Trinajstić information content (AvgIpc) is 2.78. The Balaban J connectivity index is 0.000000789. The number of carboxylic acid groups (broad SMARTS) is 1. The summed E-state index contributed by atoms with van der Waals surface area (Å²) < 4.78 is 20.4. The first-order valence-electron chi connectivity index (χ1n) is 9.29. The molecule has 2 aromatic carbocycles. The average molecular weight is 472 g/mol. The molecule has 0 radical (unpaired) electrons. The molecule has 1 fully saturated rings. The third kappa shape index (κ3) is 8.40. The summed E-state index contributed by atoms with van der Waals surface area (Å²) in [7, 11) is 3.12. The number of hydrogen-bond acceptors (Lipinski definition) is 9. The molecule has 1 aliphatic heterocycles. The molecule has 1 heterocycles. The van der Waals surface area contributed by atoms with E-state index < -0.39 is 36.5 Å². The Morgan fingerprint density at radius 2 is 1.30 bits per heavy atom. The van der Waals surface area contributed by atoms with Gasteiger partial charge in [0.1, 0.15) is 54.0 Å². The molecule has 0 aromatic heterocycles. The summed E-state index contributed by atoms with van der Waals surface area (Å²) in [5.41, 5.74) is 0. The maximum atomic E-state index is 11.0. The second-order valence-electron chi connectivity index (χ2n) is 6.59. The van der Waals surface area contributed by atoms with Crippen LogP contribution in [0.2, 0.25) is 0 Å². The van der Waals surface area contributed by atoms with Gasteiger partial charge in [-0.3, -0.25) is 0 Å². The lowest BCUT2D eigenvalue weighted by Crippen LogP contribution is -2.61. The number of rotatable bonds is 6. The minimum Gasteiger partial charge on any atom is -0.508 e. The fraction of sp³-hybridized carbons (Fsp3) is 0.409. The number of phenols is 1. The summed E-state index contributed by atoms with van der Waals surface area (Å²) >= 11 is 0. The number of aliphatic hydroxyl groups is 3. The van der Waals surface area contributed by atoms with E-state index in [1.165, 1.54) is 7.11 Å². The summed E-state index contributed by atoms with van der Waals surface area (Å²) in [6.45, 7) is -0.180. The molecular formula is C22H32O11. The van der Waals surface area contributed by atoms with Gasteiger partial charge in [-0.2, -0.15) is 0 Å². The van der Waals surface area contributed by atoms with Crippen LogP contribution >= 0.6 is 0 Å². The number of carboxylic acids is 1. The van der Waals surface area contributed by atoms with E-state index in [4.69, 9.17) is 29.2 Å². The Morgan fingerprint density at radius 1 is 0.848 bits per heavy atom. The van der Waals surface area contributed by atoms with Gasteiger partial charge in [0.05, 0.1) is 14.2 Å². The second kappa shape index (κ2) is 14.1. The molecule has 0 aliphatic carbocycles. The van der Waals surface area contributed by atoms with Crippen molar-refractivity contribution in [3.05, 3.63) is 48.5 Å². The van der Waals surface area contributed by atoms with Gasteiger partial charge in [-0.15, -0.1) is 0 Å². The Hall–Kier alpha value is -3.09. The van der Waals surface area contributed by atoms with E-state index in [0.717, 1.165) is 5.75 Å². The molecule has 11 nitrogen and oxygen atoms in total. The van der Waals surface area contributed by atoms with Crippen LogP contribution in [-0.2, 0) is 9.53 Å². The summed E-state index contributed by atoms with van der Waals surface area (Å²) in [5, 5.41) is 46.8. The highest BCUT2D eigenvalue weighted by molar-refractivity contribution is 5.73. The van der Waals surface area contributed by atoms with E-state index in [1.807, 2.05) is 0 Å². The lowest BCUT2D eigenvalue weighted by molar-refractivity contribution is -0.231. The normalized spacial score (nSPS) is 23.5. The predicted molar refractivity (Wildman–Crippen MR) is 118 cm³/mol. The standard InChI is InChI=1S/C14H18O8.C7H8O2.CH4.H2O/c1-20-7-2-4-8(5-3-7)21-6-9-10(15)11(16)12(17)13(22-9)14(18)19;1-9-7-4-2-6(8)3-5-7;;/h2-5,9-13,15-17H,6H2,1H3,(H,18,19);2-5,8H,1H3;1H4;1H2/t9-,10?,11-,12-,13?;;;/m0.../s1. The fourth-order valence-electron chi connectivity index (χ4n) is 2.73. The van der Waals surface area contributed by atoms with Crippen LogP contribution < -0.4 is 14.2 Å². The van der Waals surface area contributed by atoms with Gasteiger partial charge in [0.15, 0.2) is 6.10 Å². The van der Waals surface area contributed by atoms with Gasteiger partial charge in [0.25, 0.3) is 0 Å². The molecule has 1 saturated heterocycles. The molecule has 0 amide bonds.